The second-order valence-corrected chi connectivity index (χ2v) is 7.62. The molecule has 0 aromatic heterocycles. The highest BCUT2D eigenvalue weighted by atomic mass is 32.2. The van der Waals surface area contributed by atoms with Crippen molar-refractivity contribution in [2.24, 2.45) is 5.92 Å². The van der Waals surface area contributed by atoms with Crippen LogP contribution in [0.2, 0.25) is 0 Å². The maximum atomic E-state index is 12.1. The van der Waals surface area contributed by atoms with Gasteiger partial charge in [0.25, 0.3) is 0 Å². The maximum Gasteiger partial charge on any atom is 0.315 e. The molecule has 0 unspecified atom stereocenters. The van der Waals surface area contributed by atoms with E-state index in [-0.39, 0.29) is 24.6 Å². The standard InChI is InChI=1S/C15H28N2O2S/c1-2-20-13-8-7-12(9-13)16-15(19)17-14-6-4-3-5-11(14)10-18/h11-14,18H,2-10H2,1H3,(H2,16,17,19)/t11-,12+,13-,14-/m1/s1. The van der Waals surface area contributed by atoms with Crippen LogP contribution in [0, 0.1) is 5.92 Å². The molecule has 0 heterocycles. The summed E-state index contributed by atoms with van der Waals surface area (Å²) in [5.41, 5.74) is 0. The fraction of sp³-hybridized carbons (Fsp3) is 0.933. The third-order valence-corrected chi connectivity index (χ3v) is 5.82. The number of thioether (sulfide) groups is 1. The minimum atomic E-state index is -0.0394. The van der Waals surface area contributed by atoms with Crippen LogP contribution >= 0.6 is 11.8 Å². The molecule has 0 spiro atoms. The number of nitrogens with one attached hydrogen (secondary N) is 2. The number of hydrogen-bond acceptors (Lipinski definition) is 3. The largest absolute Gasteiger partial charge is 0.396 e. The second kappa shape index (κ2) is 8.13. The quantitative estimate of drug-likeness (QED) is 0.731. The number of urea groups is 1. The first-order valence-electron chi connectivity index (χ1n) is 8.02. The van der Waals surface area contributed by atoms with Gasteiger partial charge in [0, 0.05) is 29.9 Å². The molecule has 4 atom stereocenters. The van der Waals surface area contributed by atoms with Gasteiger partial charge in [-0.2, -0.15) is 11.8 Å². The molecule has 4 nitrogen and oxygen atoms in total. The molecule has 0 aliphatic heterocycles. The van der Waals surface area contributed by atoms with Crippen molar-refractivity contribution in [3.8, 4) is 0 Å². The Kier molecular flexibility index (Phi) is 6.49. The van der Waals surface area contributed by atoms with Crippen LogP contribution in [-0.4, -0.2) is 40.8 Å². The second-order valence-electron chi connectivity index (χ2n) is 6.04. The fourth-order valence-corrected chi connectivity index (χ4v) is 4.61. The molecular formula is C15H28N2O2S. The highest BCUT2D eigenvalue weighted by Crippen LogP contribution is 2.29. The average Bonchev–Trinajstić information content (AvgIpc) is 2.87. The molecule has 2 rings (SSSR count). The van der Waals surface area contributed by atoms with E-state index in [1.807, 2.05) is 11.8 Å². The molecule has 2 fully saturated rings. The summed E-state index contributed by atoms with van der Waals surface area (Å²) in [7, 11) is 0. The Morgan fingerprint density at radius 3 is 2.75 bits per heavy atom. The molecule has 2 amide bonds. The molecule has 0 radical (unpaired) electrons. The molecule has 116 valence electrons. The van der Waals surface area contributed by atoms with E-state index in [0.29, 0.717) is 11.3 Å². The van der Waals surface area contributed by atoms with Crippen molar-refractivity contribution < 1.29 is 9.90 Å². The number of carbonyl (C=O) groups is 1. The van der Waals surface area contributed by atoms with E-state index in [1.165, 1.54) is 12.8 Å². The summed E-state index contributed by atoms with van der Waals surface area (Å²) in [6, 6.07) is 0.439. The monoisotopic (exact) mass is 300 g/mol. The van der Waals surface area contributed by atoms with E-state index in [0.717, 1.165) is 37.9 Å². The highest BCUT2D eigenvalue weighted by molar-refractivity contribution is 7.99. The summed E-state index contributed by atoms with van der Waals surface area (Å²) in [6.07, 6.45) is 7.76. The van der Waals surface area contributed by atoms with E-state index in [2.05, 4.69) is 17.6 Å². The number of hydrogen-bond donors (Lipinski definition) is 3. The third kappa shape index (κ3) is 4.55. The Bertz CT molecular complexity index is 314. The average molecular weight is 300 g/mol. The topological polar surface area (TPSA) is 61.4 Å². The summed E-state index contributed by atoms with van der Waals surface area (Å²) in [6.45, 7) is 2.37. The number of aliphatic hydroxyl groups excluding tert-OH is 1. The van der Waals surface area contributed by atoms with Crippen molar-refractivity contribution in [1.29, 1.82) is 0 Å². The zero-order valence-electron chi connectivity index (χ0n) is 12.4. The smallest absolute Gasteiger partial charge is 0.315 e. The van der Waals surface area contributed by atoms with Gasteiger partial charge in [0.05, 0.1) is 0 Å². The number of carbonyl (C=O) groups excluding carboxylic acids is 1. The lowest BCUT2D eigenvalue weighted by Crippen LogP contribution is -2.49. The van der Waals surface area contributed by atoms with Crippen LogP contribution in [0.1, 0.15) is 51.9 Å². The Hall–Kier alpha value is -0.420. The van der Waals surface area contributed by atoms with E-state index >= 15 is 0 Å². The highest BCUT2D eigenvalue weighted by Gasteiger charge is 2.29. The van der Waals surface area contributed by atoms with Crippen LogP contribution < -0.4 is 10.6 Å². The van der Waals surface area contributed by atoms with Crippen LogP contribution in [0.3, 0.4) is 0 Å². The SMILES string of the molecule is CCS[C@@H]1CC[C@H](NC(=O)N[C@@H]2CCCC[C@@H]2CO)C1. The fourth-order valence-electron chi connectivity index (χ4n) is 3.47. The van der Waals surface area contributed by atoms with Gasteiger partial charge in [-0.1, -0.05) is 19.8 Å². The first-order valence-corrected chi connectivity index (χ1v) is 9.07. The zero-order chi connectivity index (χ0) is 14.4. The van der Waals surface area contributed by atoms with Crippen LogP contribution in [0.4, 0.5) is 4.79 Å². The lowest BCUT2D eigenvalue weighted by atomic mass is 9.85. The van der Waals surface area contributed by atoms with Crippen LogP contribution in [-0.2, 0) is 0 Å². The van der Waals surface area contributed by atoms with E-state index in [4.69, 9.17) is 0 Å². The van der Waals surface area contributed by atoms with Crippen molar-refractivity contribution >= 4 is 17.8 Å². The molecule has 0 bridgehead atoms. The van der Waals surface area contributed by atoms with Crippen LogP contribution in [0.15, 0.2) is 0 Å². The van der Waals surface area contributed by atoms with Crippen LogP contribution in [0.5, 0.6) is 0 Å². The first-order chi connectivity index (χ1) is 9.72. The van der Waals surface area contributed by atoms with Crippen LogP contribution in [0.25, 0.3) is 0 Å². The molecule has 0 aromatic carbocycles. The summed E-state index contributed by atoms with van der Waals surface area (Å²) >= 11 is 2.00. The summed E-state index contributed by atoms with van der Waals surface area (Å²) in [4.78, 5) is 12.1. The Labute approximate surface area is 126 Å². The number of rotatable bonds is 5. The van der Waals surface area contributed by atoms with Crippen molar-refractivity contribution in [1.82, 2.24) is 10.6 Å². The number of amides is 2. The molecule has 5 heteroatoms. The zero-order valence-corrected chi connectivity index (χ0v) is 13.3. The molecule has 20 heavy (non-hydrogen) atoms. The van der Waals surface area contributed by atoms with Crippen molar-refractivity contribution in [2.75, 3.05) is 12.4 Å². The van der Waals surface area contributed by atoms with Crippen molar-refractivity contribution in [3.63, 3.8) is 0 Å². The van der Waals surface area contributed by atoms with Crippen molar-refractivity contribution in [3.05, 3.63) is 0 Å². The van der Waals surface area contributed by atoms with Gasteiger partial charge in [0.1, 0.15) is 0 Å². The Balaban J connectivity index is 1.72. The lowest BCUT2D eigenvalue weighted by molar-refractivity contribution is 0.153. The molecule has 3 N–H and O–H groups in total. The van der Waals surface area contributed by atoms with E-state index in [9.17, 15) is 9.90 Å². The molecule has 2 aliphatic rings. The van der Waals surface area contributed by atoms with Gasteiger partial charge in [-0.05, 0) is 37.9 Å². The summed E-state index contributed by atoms with van der Waals surface area (Å²) in [5, 5.41) is 16.3. The molecule has 0 saturated heterocycles. The van der Waals surface area contributed by atoms with Gasteiger partial charge in [-0.3, -0.25) is 0 Å². The molecule has 2 aliphatic carbocycles. The van der Waals surface area contributed by atoms with E-state index in [1.54, 1.807) is 0 Å². The van der Waals surface area contributed by atoms with Gasteiger partial charge >= 0.3 is 6.03 Å². The third-order valence-electron chi connectivity index (χ3n) is 4.58. The minimum Gasteiger partial charge on any atom is -0.396 e. The normalized spacial score (nSPS) is 33.9. The Morgan fingerprint density at radius 1 is 1.20 bits per heavy atom. The number of aliphatic hydroxyl groups is 1. The predicted octanol–water partition coefficient (Wildman–Crippen LogP) is 2.51. The molecule has 2 saturated carbocycles. The summed E-state index contributed by atoms with van der Waals surface area (Å²) < 4.78 is 0. The maximum absolute atomic E-state index is 12.1. The molecular weight excluding hydrogens is 272 g/mol. The van der Waals surface area contributed by atoms with Gasteiger partial charge in [-0.25, -0.2) is 4.79 Å². The first kappa shape index (κ1) is 16.0. The molecule has 0 aromatic rings. The van der Waals surface area contributed by atoms with Gasteiger partial charge in [-0.15, -0.1) is 0 Å². The van der Waals surface area contributed by atoms with Gasteiger partial charge in [0.15, 0.2) is 0 Å². The van der Waals surface area contributed by atoms with Gasteiger partial charge < -0.3 is 15.7 Å². The summed E-state index contributed by atoms with van der Waals surface area (Å²) in [5.74, 6) is 1.39. The van der Waals surface area contributed by atoms with E-state index < -0.39 is 0 Å². The van der Waals surface area contributed by atoms with Crippen molar-refractivity contribution in [2.45, 2.75) is 69.2 Å². The predicted molar refractivity (Wildman–Crippen MR) is 84.1 cm³/mol. The Morgan fingerprint density at radius 2 is 2.00 bits per heavy atom. The lowest BCUT2D eigenvalue weighted by Gasteiger charge is -2.31. The van der Waals surface area contributed by atoms with Gasteiger partial charge in [0.2, 0.25) is 0 Å². The minimum absolute atomic E-state index is 0.0394.